The first-order valence-corrected chi connectivity index (χ1v) is 6.28. The highest BCUT2D eigenvalue weighted by Crippen LogP contribution is 2.35. The highest BCUT2D eigenvalue weighted by molar-refractivity contribution is 7.99. The van der Waals surface area contributed by atoms with Gasteiger partial charge < -0.3 is 0 Å². The summed E-state index contributed by atoms with van der Waals surface area (Å²) >= 11 is 1.99. The van der Waals surface area contributed by atoms with E-state index < -0.39 is 0 Å². The maximum absolute atomic E-state index is 2.59. The van der Waals surface area contributed by atoms with Crippen molar-refractivity contribution in [2.75, 3.05) is 12.8 Å². The predicted molar refractivity (Wildman–Crippen MR) is 57.5 cm³/mol. The molecule has 4 atom stereocenters. The van der Waals surface area contributed by atoms with Crippen molar-refractivity contribution < 1.29 is 0 Å². The number of hydrogen-bond donors (Lipinski definition) is 0. The van der Waals surface area contributed by atoms with Gasteiger partial charge in [-0.05, 0) is 32.1 Å². The largest absolute Gasteiger partial charge is 0.285 e. The second-order valence-corrected chi connectivity index (χ2v) is 4.86. The molecule has 0 amide bonds. The molecule has 0 aromatic heterocycles. The van der Waals surface area contributed by atoms with E-state index in [4.69, 9.17) is 0 Å². The predicted octanol–water partition coefficient (Wildman–Crippen LogP) is 2.82. The lowest BCUT2D eigenvalue weighted by Crippen LogP contribution is -2.07. The van der Waals surface area contributed by atoms with Gasteiger partial charge in [0, 0.05) is 6.04 Å². The number of nitrogens with zero attached hydrogens (tertiary/aromatic N) is 1. The van der Waals surface area contributed by atoms with Crippen LogP contribution in [0, 0.1) is 5.92 Å². The zero-order chi connectivity index (χ0) is 9.14. The van der Waals surface area contributed by atoms with Crippen LogP contribution in [0.25, 0.3) is 0 Å². The summed E-state index contributed by atoms with van der Waals surface area (Å²) in [6, 6.07) is 0.837. The maximum atomic E-state index is 2.59. The molecule has 0 saturated carbocycles. The first kappa shape index (κ1) is 10.4. The Bertz CT molecular complexity index is 138. The van der Waals surface area contributed by atoms with Crippen LogP contribution in [0.2, 0.25) is 0 Å². The standard InChI is InChI=1S/C10H21NS/c1-5-8(2)6-7-11-9(3)10(11)12-4/h8-10H,5-7H2,1-4H3/t8?,9-,10+,11?/m1/s1. The summed E-state index contributed by atoms with van der Waals surface area (Å²) in [5, 5.41) is 0.828. The summed E-state index contributed by atoms with van der Waals surface area (Å²) < 4.78 is 0. The van der Waals surface area contributed by atoms with E-state index in [1.807, 2.05) is 11.8 Å². The molecule has 0 N–H and O–H groups in total. The molecule has 72 valence electrons. The minimum Gasteiger partial charge on any atom is -0.285 e. The first-order valence-electron chi connectivity index (χ1n) is 4.99. The van der Waals surface area contributed by atoms with E-state index >= 15 is 0 Å². The molecule has 0 radical (unpaired) electrons. The van der Waals surface area contributed by atoms with Crippen LogP contribution in [-0.4, -0.2) is 29.1 Å². The quantitative estimate of drug-likeness (QED) is 0.609. The van der Waals surface area contributed by atoms with Crippen molar-refractivity contribution in [1.82, 2.24) is 4.90 Å². The molecule has 1 rings (SSSR count). The van der Waals surface area contributed by atoms with Gasteiger partial charge in [-0.1, -0.05) is 20.3 Å². The van der Waals surface area contributed by atoms with E-state index in [9.17, 15) is 0 Å². The average molecular weight is 187 g/mol. The van der Waals surface area contributed by atoms with E-state index in [0.717, 1.165) is 17.3 Å². The van der Waals surface area contributed by atoms with E-state index in [0.29, 0.717) is 0 Å². The molecule has 1 fully saturated rings. The van der Waals surface area contributed by atoms with Crippen molar-refractivity contribution in [3.8, 4) is 0 Å². The summed E-state index contributed by atoms with van der Waals surface area (Å²) in [5.74, 6) is 0.903. The Labute approximate surface area is 80.9 Å². The molecule has 1 aliphatic rings. The summed E-state index contributed by atoms with van der Waals surface area (Å²) in [4.78, 5) is 2.59. The Kier molecular flexibility index (Phi) is 3.91. The molecule has 12 heavy (non-hydrogen) atoms. The number of rotatable bonds is 5. The van der Waals surface area contributed by atoms with Crippen molar-refractivity contribution in [3.63, 3.8) is 0 Å². The van der Waals surface area contributed by atoms with Crippen molar-refractivity contribution in [1.29, 1.82) is 0 Å². The highest BCUT2D eigenvalue weighted by atomic mass is 32.2. The van der Waals surface area contributed by atoms with Crippen molar-refractivity contribution in [3.05, 3.63) is 0 Å². The molecular formula is C10H21NS. The van der Waals surface area contributed by atoms with Gasteiger partial charge in [0.2, 0.25) is 0 Å². The first-order chi connectivity index (χ1) is 5.70. The molecule has 2 unspecified atom stereocenters. The molecule has 0 bridgehead atoms. The third kappa shape index (κ3) is 2.40. The van der Waals surface area contributed by atoms with E-state index in [1.165, 1.54) is 19.4 Å². The maximum Gasteiger partial charge on any atom is 0.0712 e. The van der Waals surface area contributed by atoms with E-state index in [1.54, 1.807) is 0 Å². The molecule has 1 heterocycles. The lowest BCUT2D eigenvalue weighted by Gasteiger charge is -2.08. The lowest BCUT2D eigenvalue weighted by molar-refractivity contribution is 0.417. The molecule has 1 saturated heterocycles. The average Bonchev–Trinajstić information content (AvgIpc) is 2.71. The van der Waals surface area contributed by atoms with Crippen molar-refractivity contribution in [2.24, 2.45) is 5.92 Å². The van der Waals surface area contributed by atoms with Crippen LogP contribution in [0.3, 0.4) is 0 Å². The van der Waals surface area contributed by atoms with Crippen LogP contribution in [0.4, 0.5) is 0 Å². The summed E-state index contributed by atoms with van der Waals surface area (Å²) in [5.41, 5.74) is 0. The van der Waals surface area contributed by atoms with Gasteiger partial charge >= 0.3 is 0 Å². The molecule has 0 aromatic rings. The van der Waals surface area contributed by atoms with Gasteiger partial charge in [-0.15, -0.1) is 11.8 Å². The normalized spacial score (nSPS) is 36.5. The molecule has 2 heteroatoms. The molecule has 0 aliphatic carbocycles. The van der Waals surface area contributed by atoms with Gasteiger partial charge in [-0.3, -0.25) is 4.90 Å². The van der Waals surface area contributed by atoms with Gasteiger partial charge in [0.15, 0.2) is 0 Å². The fourth-order valence-corrected chi connectivity index (χ4v) is 2.66. The van der Waals surface area contributed by atoms with Gasteiger partial charge in [0.05, 0.1) is 5.37 Å². The Balaban J connectivity index is 2.10. The summed E-state index contributed by atoms with van der Waals surface area (Å²) in [6.07, 6.45) is 4.91. The molecule has 0 aromatic carbocycles. The fraction of sp³-hybridized carbons (Fsp3) is 1.00. The van der Waals surface area contributed by atoms with Crippen LogP contribution in [0.1, 0.15) is 33.6 Å². The second-order valence-electron chi connectivity index (χ2n) is 3.91. The molecule has 1 aliphatic heterocycles. The van der Waals surface area contributed by atoms with Crippen LogP contribution in [0.15, 0.2) is 0 Å². The minimum absolute atomic E-state index is 0.828. The Hall–Kier alpha value is 0.310. The highest BCUT2D eigenvalue weighted by Gasteiger charge is 2.42. The molecular weight excluding hydrogens is 166 g/mol. The van der Waals surface area contributed by atoms with Gasteiger partial charge in [-0.2, -0.15) is 0 Å². The van der Waals surface area contributed by atoms with Crippen LogP contribution >= 0.6 is 11.8 Å². The Morgan fingerprint density at radius 1 is 1.50 bits per heavy atom. The van der Waals surface area contributed by atoms with E-state index in [-0.39, 0.29) is 0 Å². The molecule has 1 nitrogen and oxygen atoms in total. The SMILES string of the molecule is CCC(C)CCN1[C@H](C)[C@@H]1SC. The van der Waals surface area contributed by atoms with Crippen molar-refractivity contribution >= 4 is 11.8 Å². The van der Waals surface area contributed by atoms with E-state index in [2.05, 4.69) is 31.9 Å². The summed E-state index contributed by atoms with van der Waals surface area (Å²) in [7, 11) is 0. The van der Waals surface area contributed by atoms with Gasteiger partial charge in [0.25, 0.3) is 0 Å². The topological polar surface area (TPSA) is 3.01 Å². The second kappa shape index (κ2) is 4.52. The zero-order valence-corrected chi connectivity index (χ0v) is 9.53. The minimum atomic E-state index is 0.828. The zero-order valence-electron chi connectivity index (χ0n) is 8.71. The van der Waals surface area contributed by atoms with Crippen molar-refractivity contribution in [2.45, 2.75) is 45.0 Å². The smallest absolute Gasteiger partial charge is 0.0712 e. The number of thioether (sulfide) groups is 1. The fourth-order valence-electron chi connectivity index (χ4n) is 1.61. The van der Waals surface area contributed by atoms with Crippen LogP contribution < -0.4 is 0 Å². The summed E-state index contributed by atoms with van der Waals surface area (Å²) in [6.45, 7) is 8.27. The third-order valence-corrected chi connectivity index (χ3v) is 4.14. The van der Waals surface area contributed by atoms with Gasteiger partial charge in [0.1, 0.15) is 0 Å². The van der Waals surface area contributed by atoms with Crippen LogP contribution in [0.5, 0.6) is 0 Å². The van der Waals surface area contributed by atoms with Gasteiger partial charge in [-0.25, -0.2) is 0 Å². The number of hydrogen-bond acceptors (Lipinski definition) is 2. The monoisotopic (exact) mass is 187 g/mol. The molecule has 0 spiro atoms. The van der Waals surface area contributed by atoms with Crippen LogP contribution in [-0.2, 0) is 0 Å². The Morgan fingerprint density at radius 2 is 2.17 bits per heavy atom. The Morgan fingerprint density at radius 3 is 2.58 bits per heavy atom. The third-order valence-electron chi connectivity index (χ3n) is 2.99. The lowest BCUT2D eigenvalue weighted by atomic mass is 10.1.